The van der Waals surface area contributed by atoms with Crippen molar-refractivity contribution in [2.45, 2.75) is 31.2 Å². The number of anilines is 2. The minimum Gasteiger partial charge on any atom is -0.311 e. The van der Waals surface area contributed by atoms with Gasteiger partial charge in [-0.15, -0.1) is 0 Å². The zero-order chi connectivity index (χ0) is 19.0. The highest BCUT2D eigenvalue weighted by Gasteiger charge is 2.35. The summed E-state index contributed by atoms with van der Waals surface area (Å²) in [6.45, 7) is 0.748. The van der Waals surface area contributed by atoms with E-state index in [0.29, 0.717) is 11.7 Å². The Balaban J connectivity index is 1.73. The molecule has 1 saturated carbocycles. The van der Waals surface area contributed by atoms with E-state index < -0.39 is 11.0 Å². The first-order valence-electron chi connectivity index (χ1n) is 9.26. The van der Waals surface area contributed by atoms with Crippen LogP contribution in [0.4, 0.5) is 11.5 Å². The minimum atomic E-state index is -1.19. The van der Waals surface area contributed by atoms with Crippen molar-refractivity contribution >= 4 is 28.4 Å². The maximum Gasteiger partial charge on any atom is 0.244 e. The minimum absolute atomic E-state index is 0.0922. The maximum absolute atomic E-state index is 12.7. The van der Waals surface area contributed by atoms with E-state index in [0.717, 1.165) is 42.6 Å². The zero-order valence-electron chi connectivity index (χ0n) is 15.6. The second kappa shape index (κ2) is 7.40. The molecule has 1 amide bonds. The molecule has 4 rings (SSSR count). The van der Waals surface area contributed by atoms with E-state index in [9.17, 15) is 9.00 Å². The van der Waals surface area contributed by atoms with E-state index in [1.807, 2.05) is 30.1 Å². The lowest BCUT2D eigenvalue weighted by Crippen LogP contribution is -2.36. The predicted octanol–water partition coefficient (Wildman–Crippen LogP) is 2.66. The van der Waals surface area contributed by atoms with Gasteiger partial charge < -0.3 is 10.2 Å². The van der Waals surface area contributed by atoms with Crippen LogP contribution in [0.25, 0.3) is 11.1 Å². The predicted molar refractivity (Wildman–Crippen MR) is 109 cm³/mol. The molecule has 1 aromatic carbocycles. The third kappa shape index (κ3) is 3.61. The highest BCUT2D eigenvalue weighted by Crippen LogP contribution is 2.46. The number of hydrogen-bond donors (Lipinski definition) is 2. The van der Waals surface area contributed by atoms with Crippen LogP contribution in [-0.2, 0) is 15.8 Å². The number of nitrogens with zero attached hydrogens (tertiary/aromatic N) is 2. The number of carbonyl (C=O) groups excluding carboxylic acids is 1. The number of hydrogen-bond acceptors (Lipinski definition) is 4. The summed E-state index contributed by atoms with van der Waals surface area (Å²) in [5.41, 5.74) is 4.20. The van der Waals surface area contributed by atoms with Crippen molar-refractivity contribution in [2.24, 2.45) is 0 Å². The van der Waals surface area contributed by atoms with E-state index in [4.69, 9.17) is 0 Å². The smallest absolute Gasteiger partial charge is 0.244 e. The first kappa shape index (κ1) is 18.1. The molecule has 0 bridgehead atoms. The van der Waals surface area contributed by atoms with Crippen LogP contribution in [-0.4, -0.2) is 41.0 Å². The standard InChI is InChI=1S/C20H24N4O2S/c1-21-17-9-11-24(20(17)25)18-8-7-14(12-16(18)13-5-6-13)15-4-3-10-22-19(15)23-27(2)26/h3-4,7-8,10,12-13,17,21H,5-6,9,11H2,1-2H3,(H,22,23). The largest absolute Gasteiger partial charge is 0.311 e. The number of nitrogens with one attached hydrogen (secondary N) is 2. The fourth-order valence-corrected chi connectivity index (χ4v) is 4.17. The third-order valence-electron chi connectivity index (χ3n) is 5.25. The second-order valence-corrected chi connectivity index (χ2v) is 8.24. The van der Waals surface area contributed by atoms with Crippen molar-refractivity contribution in [2.75, 3.05) is 29.5 Å². The van der Waals surface area contributed by atoms with E-state index in [-0.39, 0.29) is 11.9 Å². The van der Waals surface area contributed by atoms with Gasteiger partial charge in [-0.2, -0.15) is 0 Å². The molecule has 1 aliphatic carbocycles. The molecule has 6 nitrogen and oxygen atoms in total. The summed E-state index contributed by atoms with van der Waals surface area (Å²) in [7, 11) is 0.648. The molecule has 2 fully saturated rings. The van der Waals surface area contributed by atoms with Gasteiger partial charge in [0.05, 0.1) is 6.04 Å². The molecule has 2 unspecified atom stereocenters. The number of amides is 1. The van der Waals surface area contributed by atoms with Crippen LogP contribution in [0.5, 0.6) is 0 Å². The Labute approximate surface area is 162 Å². The lowest BCUT2D eigenvalue weighted by molar-refractivity contribution is -0.118. The molecule has 27 heavy (non-hydrogen) atoms. The third-order valence-corrected chi connectivity index (χ3v) is 5.73. The van der Waals surface area contributed by atoms with Crippen LogP contribution >= 0.6 is 0 Å². The molecule has 0 radical (unpaired) electrons. The molecule has 142 valence electrons. The van der Waals surface area contributed by atoms with Gasteiger partial charge in [-0.05, 0) is 67.6 Å². The Kier molecular flexibility index (Phi) is 4.97. The fraction of sp³-hybridized carbons (Fsp3) is 0.400. The number of benzene rings is 1. The molecule has 1 saturated heterocycles. The SMILES string of the molecule is CNC1CCN(c2ccc(-c3cccnc3NS(C)=O)cc2C2CC2)C1=O. The molecular formula is C20H24N4O2S. The molecule has 2 N–H and O–H groups in total. The molecule has 1 aromatic heterocycles. The van der Waals surface area contributed by atoms with Gasteiger partial charge in [-0.25, -0.2) is 9.19 Å². The van der Waals surface area contributed by atoms with E-state index in [2.05, 4.69) is 27.2 Å². The van der Waals surface area contributed by atoms with Crippen molar-refractivity contribution in [1.82, 2.24) is 10.3 Å². The molecule has 7 heteroatoms. The Bertz CT molecular complexity index is 897. The average molecular weight is 385 g/mol. The summed E-state index contributed by atoms with van der Waals surface area (Å²) >= 11 is 0. The lowest BCUT2D eigenvalue weighted by Gasteiger charge is -2.22. The van der Waals surface area contributed by atoms with Gasteiger partial charge in [-0.3, -0.25) is 9.52 Å². The van der Waals surface area contributed by atoms with Gasteiger partial charge in [0, 0.05) is 30.2 Å². The van der Waals surface area contributed by atoms with Crippen molar-refractivity contribution in [3.8, 4) is 11.1 Å². The summed E-state index contributed by atoms with van der Waals surface area (Å²) in [6.07, 6.45) is 6.43. The van der Waals surface area contributed by atoms with Crippen LogP contribution in [0, 0.1) is 0 Å². The maximum atomic E-state index is 12.7. The zero-order valence-corrected chi connectivity index (χ0v) is 16.4. The van der Waals surface area contributed by atoms with Crippen LogP contribution in [0.15, 0.2) is 36.5 Å². The van der Waals surface area contributed by atoms with Gasteiger partial charge in [0.2, 0.25) is 5.91 Å². The lowest BCUT2D eigenvalue weighted by atomic mass is 9.99. The average Bonchev–Trinajstić information content (AvgIpc) is 3.44. The summed E-state index contributed by atoms with van der Waals surface area (Å²) in [4.78, 5) is 18.9. The molecule has 0 spiro atoms. The Hall–Kier alpha value is -2.25. The molecule has 2 atom stereocenters. The van der Waals surface area contributed by atoms with E-state index in [1.165, 1.54) is 5.56 Å². The number of likely N-dealkylation sites (N-methyl/N-ethyl adjacent to an activating group) is 1. The summed E-state index contributed by atoms with van der Waals surface area (Å²) in [5.74, 6) is 1.27. The van der Waals surface area contributed by atoms with Crippen molar-refractivity contribution in [1.29, 1.82) is 0 Å². The number of pyridine rings is 1. The molecule has 1 aliphatic heterocycles. The number of aromatic nitrogens is 1. The molecule has 2 aliphatic rings. The van der Waals surface area contributed by atoms with Crippen molar-refractivity contribution in [3.63, 3.8) is 0 Å². The normalized spacial score (nSPS) is 20.7. The fourth-order valence-electron chi connectivity index (χ4n) is 3.73. The Morgan fingerprint density at radius 3 is 2.70 bits per heavy atom. The molecule has 2 aromatic rings. The monoisotopic (exact) mass is 384 g/mol. The topological polar surface area (TPSA) is 74.3 Å². The van der Waals surface area contributed by atoms with E-state index >= 15 is 0 Å². The quantitative estimate of drug-likeness (QED) is 0.803. The van der Waals surface area contributed by atoms with Gasteiger partial charge >= 0.3 is 0 Å². The molecular weight excluding hydrogens is 360 g/mol. The summed E-state index contributed by atoms with van der Waals surface area (Å²) in [6, 6.07) is 10.0. The van der Waals surface area contributed by atoms with Crippen molar-refractivity contribution < 1.29 is 9.00 Å². The van der Waals surface area contributed by atoms with Gasteiger partial charge in [-0.1, -0.05) is 6.07 Å². The summed E-state index contributed by atoms with van der Waals surface area (Å²) in [5, 5.41) is 3.10. The highest BCUT2D eigenvalue weighted by atomic mass is 32.2. The van der Waals surface area contributed by atoms with Crippen LogP contribution < -0.4 is 14.9 Å². The van der Waals surface area contributed by atoms with Crippen LogP contribution in [0.1, 0.15) is 30.7 Å². The van der Waals surface area contributed by atoms with E-state index in [1.54, 1.807) is 12.5 Å². The second-order valence-electron chi connectivity index (χ2n) is 7.12. The Morgan fingerprint density at radius 1 is 1.22 bits per heavy atom. The first-order valence-corrected chi connectivity index (χ1v) is 10.8. The van der Waals surface area contributed by atoms with Crippen molar-refractivity contribution in [3.05, 3.63) is 42.1 Å². The van der Waals surface area contributed by atoms with Gasteiger partial charge in [0.1, 0.15) is 16.8 Å². The molecule has 2 heterocycles. The van der Waals surface area contributed by atoms with Crippen LogP contribution in [0.2, 0.25) is 0 Å². The number of carbonyl (C=O) groups is 1. The summed E-state index contributed by atoms with van der Waals surface area (Å²) < 4.78 is 14.5. The Morgan fingerprint density at radius 2 is 2.04 bits per heavy atom. The van der Waals surface area contributed by atoms with Gasteiger partial charge in [0.15, 0.2) is 0 Å². The highest BCUT2D eigenvalue weighted by molar-refractivity contribution is 7.85. The van der Waals surface area contributed by atoms with Gasteiger partial charge in [0.25, 0.3) is 0 Å². The number of rotatable bonds is 6. The first-order chi connectivity index (χ1) is 13.1. The van der Waals surface area contributed by atoms with Crippen LogP contribution in [0.3, 0.4) is 0 Å².